The van der Waals surface area contributed by atoms with Gasteiger partial charge in [0.05, 0.1) is 24.5 Å². The zero-order valence-electron chi connectivity index (χ0n) is 14.4. The molecule has 1 saturated carbocycles. The van der Waals surface area contributed by atoms with E-state index < -0.39 is 0 Å². The molecular formula is C19H23N3O2S. The van der Waals surface area contributed by atoms with E-state index in [0.717, 1.165) is 29.5 Å². The molecule has 2 aliphatic rings. The predicted molar refractivity (Wildman–Crippen MR) is 98.3 cm³/mol. The van der Waals surface area contributed by atoms with Crippen LogP contribution in [0.25, 0.3) is 6.08 Å². The molecule has 1 atom stereocenters. The van der Waals surface area contributed by atoms with Crippen LogP contribution in [0.15, 0.2) is 29.8 Å². The lowest BCUT2D eigenvalue weighted by Crippen LogP contribution is -2.42. The molecule has 25 heavy (non-hydrogen) atoms. The molecular weight excluding hydrogens is 334 g/mol. The van der Waals surface area contributed by atoms with E-state index in [-0.39, 0.29) is 11.9 Å². The average Bonchev–Trinajstić information content (AvgIpc) is 3.14. The molecule has 2 aromatic heterocycles. The molecule has 132 valence electrons. The van der Waals surface area contributed by atoms with Crippen molar-refractivity contribution in [1.29, 1.82) is 0 Å². The van der Waals surface area contributed by atoms with Crippen LogP contribution in [0.4, 0.5) is 0 Å². The van der Waals surface area contributed by atoms with Crippen LogP contribution in [-0.4, -0.2) is 40.3 Å². The highest BCUT2D eigenvalue weighted by atomic mass is 32.1. The average molecular weight is 357 g/mol. The Kier molecular flexibility index (Phi) is 4.72. The summed E-state index contributed by atoms with van der Waals surface area (Å²) in [5.41, 5.74) is 2.34. The molecule has 5 nitrogen and oxygen atoms in total. The molecule has 3 heterocycles. The summed E-state index contributed by atoms with van der Waals surface area (Å²) >= 11 is 1.63. The number of amides is 1. The number of carbonyl (C=O) groups is 1. The van der Waals surface area contributed by atoms with Crippen molar-refractivity contribution >= 4 is 23.3 Å². The number of hydrogen-bond acceptors (Lipinski definition) is 4. The summed E-state index contributed by atoms with van der Waals surface area (Å²) in [7, 11) is 1.95. The summed E-state index contributed by atoms with van der Waals surface area (Å²) in [5, 5.41) is 6.41. The highest BCUT2D eigenvalue weighted by Gasteiger charge is 2.33. The molecule has 0 aromatic carbocycles. The van der Waals surface area contributed by atoms with Gasteiger partial charge in [-0.05, 0) is 48.3 Å². The first-order valence-corrected chi connectivity index (χ1v) is 9.71. The summed E-state index contributed by atoms with van der Waals surface area (Å²) in [6.45, 7) is 2.06. The fourth-order valence-electron chi connectivity index (χ4n) is 3.36. The standard InChI is InChI=1S/C19H23N3O2S/c1-21-19-15(11-20-21)8-9-22(17(19)13-24-12-14-4-5-14)18(23)7-6-16-3-2-10-25-16/h2-3,6-7,10-11,14,17H,4-5,8-9,12-13H2,1H3/b7-6+/t17-/m0/s1. The molecule has 1 aliphatic carbocycles. The largest absolute Gasteiger partial charge is 0.379 e. The van der Waals surface area contributed by atoms with Gasteiger partial charge in [0.25, 0.3) is 0 Å². The van der Waals surface area contributed by atoms with Crippen LogP contribution in [0.2, 0.25) is 0 Å². The second-order valence-electron chi connectivity index (χ2n) is 6.81. The number of rotatable bonds is 6. The molecule has 1 fully saturated rings. The third kappa shape index (κ3) is 3.70. The first-order valence-electron chi connectivity index (χ1n) is 8.83. The number of hydrogen-bond donors (Lipinski definition) is 0. The van der Waals surface area contributed by atoms with E-state index in [1.807, 2.05) is 46.4 Å². The van der Waals surface area contributed by atoms with Gasteiger partial charge in [0.15, 0.2) is 0 Å². The third-order valence-corrected chi connectivity index (χ3v) is 5.76. The van der Waals surface area contributed by atoms with Gasteiger partial charge < -0.3 is 9.64 Å². The van der Waals surface area contributed by atoms with Gasteiger partial charge in [-0.3, -0.25) is 9.48 Å². The van der Waals surface area contributed by atoms with Gasteiger partial charge in [-0.15, -0.1) is 11.3 Å². The number of carbonyl (C=O) groups excluding carboxylic acids is 1. The van der Waals surface area contributed by atoms with Gasteiger partial charge in [0.1, 0.15) is 0 Å². The Bertz CT molecular complexity index is 762. The molecule has 0 bridgehead atoms. The number of nitrogens with zero attached hydrogens (tertiary/aromatic N) is 3. The highest BCUT2D eigenvalue weighted by molar-refractivity contribution is 7.10. The predicted octanol–water partition coefficient (Wildman–Crippen LogP) is 3.05. The summed E-state index contributed by atoms with van der Waals surface area (Å²) < 4.78 is 7.84. The third-order valence-electron chi connectivity index (χ3n) is 4.92. The van der Waals surface area contributed by atoms with Crippen LogP contribution >= 0.6 is 11.3 Å². The van der Waals surface area contributed by atoms with Crippen LogP contribution in [0.1, 0.15) is 35.0 Å². The minimum absolute atomic E-state index is 0.0419. The molecule has 0 saturated heterocycles. The van der Waals surface area contributed by atoms with Gasteiger partial charge in [-0.2, -0.15) is 5.10 Å². The first-order chi connectivity index (χ1) is 12.2. The van der Waals surface area contributed by atoms with Crippen molar-refractivity contribution in [2.75, 3.05) is 19.8 Å². The van der Waals surface area contributed by atoms with Crippen molar-refractivity contribution in [3.05, 3.63) is 45.9 Å². The minimum Gasteiger partial charge on any atom is -0.379 e. The maximum atomic E-state index is 12.8. The van der Waals surface area contributed by atoms with E-state index in [1.165, 1.54) is 18.4 Å². The molecule has 4 rings (SSSR count). The number of thiophene rings is 1. The Morgan fingerprint density at radius 1 is 1.44 bits per heavy atom. The molecule has 0 radical (unpaired) electrons. The van der Waals surface area contributed by atoms with E-state index in [9.17, 15) is 4.79 Å². The summed E-state index contributed by atoms with van der Waals surface area (Å²) in [5.74, 6) is 0.762. The molecule has 0 spiro atoms. The Morgan fingerprint density at radius 2 is 2.32 bits per heavy atom. The molecule has 1 amide bonds. The van der Waals surface area contributed by atoms with Crippen LogP contribution in [0.3, 0.4) is 0 Å². The van der Waals surface area contributed by atoms with Gasteiger partial charge in [-0.1, -0.05) is 6.07 Å². The molecule has 0 unspecified atom stereocenters. The van der Waals surface area contributed by atoms with Crippen LogP contribution in [-0.2, 0) is 23.0 Å². The van der Waals surface area contributed by atoms with Crippen molar-refractivity contribution in [2.45, 2.75) is 25.3 Å². The van der Waals surface area contributed by atoms with Crippen LogP contribution in [0, 0.1) is 5.92 Å². The van der Waals surface area contributed by atoms with E-state index in [4.69, 9.17) is 4.74 Å². The SMILES string of the molecule is Cn1ncc2c1[C@H](COCC1CC1)N(C(=O)/C=C/c1cccs1)CC2. The maximum Gasteiger partial charge on any atom is 0.247 e. The molecule has 6 heteroatoms. The van der Waals surface area contributed by atoms with Gasteiger partial charge in [0, 0.05) is 31.2 Å². The van der Waals surface area contributed by atoms with Crippen LogP contribution < -0.4 is 0 Å². The quantitative estimate of drug-likeness (QED) is 0.747. The normalized spacial score (nSPS) is 20.2. The Morgan fingerprint density at radius 3 is 3.08 bits per heavy atom. The first kappa shape index (κ1) is 16.5. The zero-order valence-corrected chi connectivity index (χ0v) is 15.2. The smallest absolute Gasteiger partial charge is 0.247 e. The Labute approximate surface area is 151 Å². The topological polar surface area (TPSA) is 47.4 Å². The van der Waals surface area contributed by atoms with Gasteiger partial charge in [-0.25, -0.2) is 0 Å². The Hall–Kier alpha value is -1.92. The zero-order chi connectivity index (χ0) is 17.2. The van der Waals surface area contributed by atoms with E-state index >= 15 is 0 Å². The second-order valence-corrected chi connectivity index (χ2v) is 7.78. The molecule has 1 aliphatic heterocycles. The monoisotopic (exact) mass is 357 g/mol. The lowest BCUT2D eigenvalue weighted by atomic mass is 10.00. The number of aromatic nitrogens is 2. The fraction of sp³-hybridized carbons (Fsp3) is 0.474. The van der Waals surface area contributed by atoms with Gasteiger partial charge in [0.2, 0.25) is 5.91 Å². The highest BCUT2D eigenvalue weighted by Crippen LogP contribution is 2.32. The van der Waals surface area contributed by atoms with Crippen molar-refractivity contribution in [3.63, 3.8) is 0 Å². The summed E-state index contributed by atoms with van der Waals surface area (Å²) in [6.07, 6.45) is 8.89. The van der Waals surface area contributed by atoms with Crippen molar-refractivity contribution < 1.29 is 9.53 Å². The molecule has 0 N–H and O–H groups in total. The number of fused-ring (bicyclic) bond motifs is 1. The summed E-state index contributed by atoms with van der Waals surface area (Å²) in [4.78, 5) is 15.8. The number of aryl methyl sites for hydroxylation is 1. The van der Waals surface area contributed by atoms with Gasteiger partial charge >= 0.3 is 0 Å². The minimum atomic E-state index is -0.0597. The molecule has 2 aromatic rings. The Balaban J connectivity index is 1.51. The maximum absolute atomic E-state index is 12.8. The lowest BCUT2D eigenvalue weighted by Gasteiger charge is -2.35. The van der Waals surface area contributed by atoms with Crippen molar-refractivity contribution in [3.8, 4) is 0 Å². The van der Waals surface area contributed by atoms with E-state index in [0.29, 0.717) is 13.2 Å². The summed E-state index contributed by atoms with van der Waals surface area (Å²) in [6, 6.07) is 3.95. The second kappa shape index (κ2) is 7.14. The van der Waals surface area contributed by atoms with Crippen molar-refractivity contribution in [1.82, 2.24) is 14.7 Å². The van der Waals surface area contributed by atoms with Crippen molar-refractivity contribution in [2.24, 2.45) is 13.0 Å². The number of ether oxygens (including phenoxy) is 1. The lowest BCUT2D eigenvalue weighted by molar-refractivity contribution is -0.130. The van der Waals surface area contributed by atoms with E-state index in [1.54, 1.807) is 17.4 Å². The fourth-order valence-corrected chi connectivity index (χ4v) is 3.98. The van der Waals surface area contributed by atoms with Crippen LogP contribution in [0.5, 0.6) is 0 Å². The van der Waals surface area contributed by atoms with E-state index in [2.05, 4.69) is 5.10 Å².